The van der Waals surface area contributed by atoms with Crippen molar-refractivity contribution in [1.29, 1.82) is 0 Å². The van der Waals surface area contributed by atoms with Crippen molar-refractivity contribution in [3.63, 3.8) is 0 Å². The van der Waals surface area contributed by atoms with Crippen LogP contribution in [-0.4, -0.2) is 32.2 Å². The molecule has 0 saturated carbocycles. The van der Waals surface area contributed by atoms with Crippen LogP contribution in [0.1, 0.15) is 6.92 Å². The summed E-state index contributed by atoms with van der Waals surface area (Å²) < 4.78 is 6.39. The van der Waals surface area contributed by atoms with Crippen LogP contribution in [0.5, 0.6) is 5.75 Å². The fourth-order valence-electron chi connectivity index (χ4n) is 1.59. The van der Waals surface area contributed by atoms with E-state index in [9.17, 15) is 14.9 Å². The van der Waals surface area contributed by atoms with Crippen LogP contribution in [0.4, 0.5) is 11.6 Å². The molecule has 0 atom stereocenters. The average molecular weight is 291 g/mol. The molecule has 9 heteroatoms. The highest BCUT2D eigenvalue weighted by atomic mass is 16.6. The summed E-state index contributed by atoms with van der Waals surface area (Å²) in [5, 5.41) is 16.6. The molecule has 2 aromatic rings. The van der Waals surface area contributed by atoms with Gasteiger partial charge in [0.1, 0.15) is 12.3 Å². The van der Waals surface area contributed by atoms with E-state index >= 15 is 0 Å². The van der Waals surface area contributed by atoms with Gasteiger partial charge in [-0.15, -0.1) is 0 Å². The van der Waals surface area contributed by atoms with Gasteiger partial charge in [-0.05, 0) is 36.1 Å². The van der Waals surface area contributed by atoms with Crippen molar-refractivity contribution in [3.05, 3.63) is 40.7 Å². The van der Waals surface area contributed by atoms with Crippen LogP contribution in [0.2, 0.25) is 0 Å². The number of benzene rings is 1. The Morgan fingerprint density at radius 3 is 2.71 bits per heavy atom. The maximum absolute atomic E-state index is 11.8. The van der Waals surface area contributed by atoms with Gasteiger partial charge >= 0.3 is 5.95 Å². The van der Waals surface area contributed by atoms with E-state index in [0.717, 1.165) is 11.0 Å². The summed E-state index contributed by atoms with van der Waals surface area (Å²) in [7, 11) is 0. The van der Waals surface area contributed by atoms with Gasteiger partial charge in [-0.3, -0.25) is 4.79 Å². The lowest BCUT2D eigenvalue weighted by molar-refractivity contribution is -0.394. The molecule has 21 heavy (non-hydrogen) atoms. The number of nitrogens with one attached hydrogen (secondary N) is 1. The molecule has 1 aromatic heterocycles. The Morgan fingerprint density at radius 1 is 1.43 bits per heavy atom. The van der Waals surface area contributed by atoms with Crippen molar-refractivity contribution in [2.45, 2.75) is 13.5 Å². The molecule has 110 valence electrons. The quantitative estimate of drug-likeness (QED) is 0.632. The van der Waals surface area contributed by atoms with Gasteiger partial charge in [0.05, 0.1) is 6.61 Å². The van der Waals surface area contributed by atoms with Crippen LogP contribution >= 0.6 is 0 Å². The molecule has 0 aliphatic rings. The minimum atomic E-state index is -0.721. The first-order chi connectivity index (χ1) is 10.1. The lowest BCUT2D eigenvalue weighted by Gasteiger charge is -2.06. The minimum Gasteiger partial charge on any atom is -0.494 e. The van der Waals surface area contributed by atoms with E-state index in [2.05, 4.69) is 15.4 Å². The second-order valence-electron chi connectivity index (χ2n) is 4.00. The van der Waals surface area contributed by atoms with Gasteiger partial charge in [0.15, 0.2) is 0 Å². The van der Waals surface area contributed by atoms with Crippen LogP contribution in [-0.2, 0) is 11.3 Å². The van der Waals surface area contributed by atoms with Crippen LogP contribution in [0, 0.1) is 10.1 Å². The van der Waals surface area contributed by atoms with Crippen molar-refractivity contribution in [3.8, 4) is 5.75 Å². The molecule has 1 aromatic carbocycles. The fourth-order valence-corrected chi connectivity index (χ4v) is 1.59. The van der Waals surface area contributed by atoms with Crippen molar-refractivity contribution in [2.24, 2.45) is 0 Å². The number of hydrogen-bond donors (Lipinski definition) is 1. The number of carbonyl (C=O) groups is 1. The standard InChI is InChI=1S/C12H13N5O4/c1-2-21-10-5-3-9(4-6-10)14-11(18)7-16-8-13-12(15-16)17(19)20/h3-6,8H,2,7H2,1H3,(H,14,18). The molecule has 1 heterocycles. The summed E-state index contributed by atoms with van der Waals surface area (Å²) in [6.07, 6.45) is 1.13. The molecule has 1 N–H and O–H groups in total. The Kier molecular flexibility index (Phi) is 4.44. The van der Waals surface area contributed by atoms with Gasteiger partial charge in [-0.2, -0.15) is 4.68 Å². The lowest BCUT2D eigenvalue weighted by atomic mass is 10.3. The number of amides is 1. The summed E-state index contributed by atoms with van der Waals surface area (Å²) in [5.74, 6) is -0.190. The molecule has 1 amide bonds. The summed E-state index contributed by atoms with van der Waals surface area (Å²) in [6, 6.07) is 6.87. The summed E-state index contributed by atoms with van der Waals surface area (Å²) in [5.41, 5.74) is 0.595. The smallest absolute Gasteiger partial charge is 0.490 e. The van der Waals surface area contributed by atoms with Gasteiger partial charge in [0.2, 0.25) is 12.2 Å². The lowest BCUT2D eigenvalue weighted by Crippen LogP contribution is -2.19. The van der Waals surface area contributed by atoms with Crippen molar-refractivity contribution >= 4 is 17.5 Å². The van der Waals surface area contributed by atoms with E-state index < -0.39 is 10.9 Å². The van der Waals surface area contributed by atoms with E-state index in [-0.39, 0.29) is 12.5 Å². The Balaban J connectivity index is 1.92. The van der Waals surface area contributed by atoms with Crippen molar-refractivity contribution in [1.82, 2.24) is 14.8 Å². The third-order valence-electron chi connectivity index (χ3n) is 2.44. The molecular formula is C12H13N5O4. The first-order valence-electron chi connectivity index (χ1n) is 6.15. The zero-order chi connectivity index (χ0) is 15.2. The first-order valence-corrected chi connectivity index (χ1v) is 6.15. The van der Waals surface area contributed by atoms with Crippen LogP contribution < -0.4 is 10.1 Å². The van der Waals surface area contributed by atoms with Gasteiger partial charge in [0.25, 0.3) is 0 Å². The number of ether oxygens (including phenoxy) is 1. The minimum absolute atomic E-state index is 0.159. The highest BCUT2D eigenvalue weighted by Gasteiger charge is 2.15. The van der Waals surface area contributed by atoms with E-state index in [1.165, 1.54) is 0 Å². The summed E-state index contributed by atoms with van der Waals surface area (Å²) in [6.45, 7) is 2.29. The molecule has 0 aliphatic carbocycles. The normalized spacial score (nSPS) is 10.1. The zero-order valence-electron chi connectivity index (χ0n) is 11.2. The van der Waals surface area contributed by atoms with Gasteiger partial charge < -0.3 is 20.2 Å². The molecule has 2 rings (SSSR count). The third kappa shape index (κ3) is 4.00. The maximum atomic E-state index is 11.8. The Labute approximate surface area is 119 Å². The predicted molar refractivity (Wildman–Crippen MR) is 72.9 cm³/mol. The Hall–Kier alpha value is -2.97. The number of nitrogens with zero attached hydrogens (tertiary/aromatic N) is 4. The van der Waals surface area contributed by atoms with Crippen LogP contribution in [0.3, 0.4) is 0 Å². The molecular weight excluding hydrogens is 278 g/mol. The number of aromatic nitrogens is 3. The summed E-state index contributed by atoms with van der Waals surface area (Å²) >= 11 is 0. The SMILES string of the molecule is CCOc1ccc(NC(=O)Cn2cnc([N+](=O)[O-])n2)cc1. The predicted octanol–water partition coefficient (Wildman–Crippen LogP) is 1.22. The number of nitro groups is 1. The average Bonchev–Trinajstić information content (AvgIpc) is 2.90. The monoisotopic (exact) mass is 291 g/mol. The second-order valence-corrected chi connectivity index (χ2v) is 4.00. The Bertz CT molecular complexity index is 637. The molecule has 0 radical (unpaired) electrons. The molecule has 9 nitrogen and oxygen atoms in total. The van der Waals surface area contributed by atoms with E-state index in [1.54, 1.807) is 24.3 Å². The second kappa shape index (κ2) is 6.46. The largest absolute Gasteiger partial charge is 0.494 e. The van der Waals surface area contributed by atoms with Crippen molar-refractivity contribution in [2.75, 3.05) is 11.9 Å². The molecule has 0 bridgehead atoms. The fraction of sp³-hybridized carbons (Fsp3) is 0.250. The van der Waals surface area contributed by atoms with E-state index in [1.807, 2.05) is 6.92 Å². The number of carbonyl (C=O) groups excluding carboxylic acids is 1. The first kappa shape index (κ1) is 14.4. The van der Waals surface area contributed by atoms with Crippen LogP contribution in [0.25, 0.3) is 0 Å². The number of rotatable bonds is 6. The molecule has 0 spiro atoms. The maximum Gasteiger partial charge on any atom is 0.490 e. The van der Waals surface area contributed by atoms with Gasteiger partial charge in [0, 0.05) is 10.8 Å². The van der Waals surface area contributed by atoms with Gasteiger partial charge in [-0.25, -0.2) is 0 Å². The molecule has 0 fully saturated rings. The molecule has 0 unspecified atom stereocenters. The van der Waals surface area contributed by atoms with E-state index in [0.29, 0.717) is 18.0 Å². The third-order valence-corrected chi connectivity index (χ3v) is 2.44. The van der Waals surface area contributed by atoms with Crippen LogP contribution in [0.15, 0.2) is 30.6 Å². The van der Waals surface area contributed by atoms with Gasteiger partial charge in [-0.1, -0.05) is 4.98 Å². The number of hydrogen-bond acceptors (Lipinski definition) is 6. The highest BCUT2D eigenvalue weighted by molar-refractivity contribution is 5.90. The summed E-state index contributed by atoms with van der Waals surface area (Å²) in [4.78, 5) is 24.9. The van der Waals surface area contributed by atoms with E-state index in [4.69, 9.17) is 4.74 Å². The Morgan fingerprint density at radius 2 is 2.14 bits per heavy atom. The highest BCUT2D eigenvalue weighted by Crippen LogP contribution is 2.15. The topological polar surface area (TPSA) is 112 Å². The number of anilines is 1. The molecule has 0 aliphatic heterocycles. The van der Waals surface area contributed by atoms with Crippen molar-refractivity contribution < 1.29 is 14.5 Å². The zero-order valence-corrected chi connectivity index (χ0v) is 11.2. The molecule has 0 saturated heterocycles.